The number of rotatable bonds is 5. The van der Waals surface area contributed by atoms with Crippen LogP contribution in [0.3, 0.4) is 0 Å². The van der Waals surface area contributed by atoms with Gasteiger partial charge in [-0.25, -0.2) is 4.98 Å². The molecule has 0 aromatic carbocycles. The smallest absolute Gasteiger partial charge is 0.0951 e. The maximum absolute atomic E-state index is 6.34. The van der Waals surface area contributed by atoms with E-state index in [2.05, 4.69) is 35.2 Å². The number of aromatic nitrogens is 2. The Morgan fingerprint density at radius 2 is 2.26 bits per heavy atom. The maximum Gasteiger partial charge on any atom is 0.0951 e. The second kappa shape index (κ2) is 6.53. The molecule has 0 radical (unpaired) electrons. The van der Waals surface area contributed by atoms with E-state index >= 15 is 0 Å². The normalized spacial score (nSPS) is 22.9. The van der Waals surface area contributed by atoms with Crippen molar-refractivity contribution in [3.8, 4) is 0 Å². The number of imidazole rings is 1. The lowest BCUT2D eigenvalue weighted by Crippen LogP contribution is -2.37. The minimum Gasteiger partial charge on any atom is -0.329 e. The number of likely N-dealkylation sites (tertiary alicyclic amines) is 1. The summed E-state index contributed by atoms with van der Waals surface area (Å²) in [7, 11) is 0. The van der Waals surface area contributed by atoms with E-state index in [4.69, 9.17) is 5.73 Å². The Morgan fingerprint density at radius 3 is 2.95 bits per heavy atom. The molecule has 19 heavy (non-hydrogen) atoms. The van der Waals surface area contributed by atoms with E-state index in [1.54, 1.807) is 0 Å². The highest BCUT2D eigenvalue weighted by atomic mass is 15.2. The molecular weight excluding hydrogens is 236 g/mol. The first-order chi connectivity index (χ1) is 9.11. The zero-order valence-corrected chi connectivity index (χ0v) is 12.5. The number of hydrogen-bond acceptors (Lipinski definition) is 3. The fraction of sp³-hybridized carbons (Fsp3) is 0.800. The largest absolute Gasteiger partial charge is 0.329 e. The molecule has 4 heteroatoms. The number of piperidine rings is 1. The van der Waals surface area contributed by atoms with Gasteiger partial charge >= 0.3 is 0 Å². The Morgan fingerprint density at radius 1 is 1.47 bits per heavy atom. The van der Waals surface area contributed by atoms with Gasteiger partial charge in [0.25, 0.3) is 0 Å². The fourth-order valence-electron chi connectivity index (χ4n) is 3.08. The van der Waals surface area contributed by atoms with Crippen molar-refractivity contribution in [3.05, 3.63) is 18.2 Å². The van der Waals surface area contributed by atoms with Gasteiger partial charge in [0.1, 0.15) is 0 Å². The van der Waals surface area contributed by atoms with Crippen molar-refractivity contribution in [3.63, 3.8) is 0 Å². The van der Waals surface area contributed by atoms with Crippen molar-refractivity contribution in [2.24, 2.45) is 11.7 Å². The number of nitrogens with zero attached hydrogens (tertiary/aromatic N) is 3. The number of hydrogen-bond donors (Lipinski definition) is 1. The summed E-state index contributed by atoms with van der Waals surface area (Å²) in [4.78, 5) is 6.86. The van der Waals surface area contributed by atoms with Crippen LogP contribution < -0.4 is 5.73 Å². The average Bonchev–Trinajstić information content (AvgIpc) is 2.87. The molecule has 1 fully saturated rings. The van der Waals surface area contributed by atoms with Crippen LogP contribution in [0.15, 0.2) is 12.5 Å². The van der Waals surface area contributed by atoms with Crippen LogP contribution in [0.25, 0.3) is 0 Å². The lowest BCUT2D eigenvalue weighted by molar-refractivity contribution is 0.182. The minimum atomic E-state index is 0.111. The highest BCUT2D eigenvalue weighted by molar-refractivity contribution is 5.07. The summed E-state index contributed by atoms with van der Waals surface area (Å²) >= 11 is 0. The van der Waals surface area contributed by atoms with Crippen LogP contribution >= 0.6 is 0 Å². The molecule has 1 aromatic rings. The molecule has 0 bridgehead atoms. The van der Waals surface area contributed by atoms with E-state index in [0.717, 1.165) is 19.5 Å². The molecule has 1 aliphatic heterocycles. The van der Waals surface area contributed by atoms with Gasteiger partial charge in [0.2, 0.25) is 0 Å². The van der Waals surface area contributed by atoms with Crippen molar-refractivity contribution in [1.82, 2.24) is 14.5 Å². The van der Waals surface area contributed by atoms with E-state index in [1.807, 2.05) is 12.5 Å². The Labute approximate surface area is 117 Å². The molecule has 2 rings (SSSR count). The number of likely N-dealkylation sites (N-methyl/N-ethyl adjacent to an activating group) is 1. The molecule has 0 aliphatic carbocycles. The first-order valence-corrected chi connectivity index (χ1v) is 7.61. The fourth-order valence-corrected chi connectivity index (χ4v) is 3.08. The third-order valence-corrected chi connectivity index (χ3v) is 4.12. The molecule has 4 nitrogen and oxygen atoms in total. The van der Waals surface area contributed by atoms with Gasteiger partial charge in [-0.05, 0) is 38.3 Å². The monoisotopic (exact) mass is 264 g/mol. The molecular formula is C15H28N4. The van der Waals surface area contributed by atoms with Crippen LogP contribution in [-0.2, 0) is 0 Å². The van der Waals surface area contributed by atoms with Crippen molar-refractivity contribution in [2.45, 2.75) is 52.1 Å². The predicted molar refractivity (Wildman–Crippen MR) is 79.0 cm³/mol. The van der Waals surface area contributed by atoms with Gasteiger partial charge < -0.3 is 15.2 Å². The average molecular weight is 264 g/mol. The van der Waals surface area contributed by atoms with Gasteiger partial charge in [0.05, 0.1) is 12.0 Å². The Hall–Kier alpha value is -0.870. The van der Waals surface area contributed by atoms with Crippen LogP contribution in [0.5, 0.6) is 0 Å². The summed E-state index contributed by atoms with van der Waals surface area (Å²) in [5, 5.41) is 0. The predicted octanol–water partition coefficient (Wildman–Crippen LogP) is 2.59. The highest BCUT2D eigenvalue weighted by Gasteiger charge is 2.23. The summed E-state index contributed by atoms with van der Waals surface area (Å²) in [6.45, 7) is 10.2. The summed E-state index contributed by atoms with van der Waals surface area (Å²) in [6, 6.07) is 0.656. The first kappa shape index (κ1) is 14.5. The first-order valence-electron chi connectivity index (χ1n) is 7.61. The maximum atomic E-state index is 6.34. The summed E-state index contributed by atoms with van der Waals surface area (Å²) in [6.07, 6.45) is 7.47. The second-order valence-corrected chi connectivity index (χ2v) is 6.15. The highest BCUT2D eigenvalue weighted by Crippen LogP contribution is 2.26. The van der Waals surface area contributed by atoms with Gasteiger partial charge in [0, 0.05) is 24.8 Å². The molecule has 0 amide bonds. The SMILES string of the molecule is CCN1CCCC(n2cncc2C(N)CC(C)C)C1. The van der Waals surface area contributed by atoms with Crippen LogP contribution in [0.1, 0.15) is 57.8 Å². The van der Waals surface area contributed by atoms with E-state index in [0.29, 0.717) is 12.0 Å². The molecule has 1 aliphatic rings. The van der Waals surface area contributed by atoms with Crippen molar-refractivity contribution in [2.75, 3.05) is 19.6 Å². The zero-order valence-electron chi connectivity index (χ0n) is 12.5. The molecule has 2 atom stereocenters. The van der Waals surface area contributed by atoms with E-state index in [9.17, 15) is 0 Å². The van der Waals surface area contributed by atoms with Crippen LogP contribution in [0, 0.1) is 5.92 Å². The van der Waals surface area contributed by atoms with Crippen molar-refractivity contribution < 1.29 is 0 Å². The van der Waals surface area contributed by atoms with E-state index in [-0.39, 0.29) is 6.04 Å². The minimum absolute atomic E-state index is 0.111. The lowest BCUT2D eigenvalue weighted by Gasteiger charge is -2.34. The second-order valence-electron chi connectivity index (χ2n) is 6.15. The van der Waals surface area contributed by atoms with E-state index < -0.39 is 0 Å². The zero-order chi connectivity index (χ0) is 13.8. The Balaban J connectivity index is 2.10. The lowest BCUT2D eigenvalue weighted by atomic mass is 10.0. The Kier molecular flexibility index (Phi) is 4.99. The van der Waals surface area contributed by atoms with Gasteiger partial charge in [-0.3, -0.25) is 0 Å². The van der Waals surface area contributed by atoms with Gasteiger partial charge in [-0.2, -0.15) is 0 Å². The van der Waals surface area contributed by atoms with Gasteiger partial charge in [-0.15, -0.1) is 0 Å². The third-order valence-electron chi connectivity index (χ3n) is 4.12. The van der Waals surface area contributed by atoms with Gasteiger partial charge in [0.15, 0.2) is 0 Å². The van der Waals surface area contributed by atoms with Crippen LogP contribution in [-0.4, -0.2) is 34.1 Å². The molecule has 1 aromatic heterocycles. The molecule has 0 spiro atoms. The molecule has 2 heterocycles. The molecule has 1 saturated heterocycles. The molecule has 2 unspecified atom stereocenters. The summed E-state index contributed by atoms with van der Waals surface area (Å²) < 4.78 is 2.33. The quantitative estimate of drug-likeness (QED) is 0.889. The van der Waals surface area contributed by atoms with Crippen molar-refractivity contribution in [1.29, 1.82) is 0 Å². The number of nitrogens with two attached hydrogens (primary N) is 1. The third kappa shape index (κ3) is 3.57. The Bertz CT molecular complexity index is 385. The molecule has 2 N–H and O–H groups in total. The molecule has 0 saturated carbocycles. The standard InChI is InChI=1S/C15H28N4/c1-4-18-7-5-6-13(10-18)19-11-17-9-15(19)14(16)8-12(2)3/h9,11-14H,4-8,10,16H2,1-3H3. The molecule has 108 valence electrons. The topological polar surface area (TPSA) is 47.1 Å². The summed E-state index contributed by atoms with van der Waals surface area (Å²) in [5.74, 6) is 0.622. The van der Waals surface area contributed by atoms with Crippen molar-refractivity contribution >= 4 is 0 Å². The van der Waals surface area contributed by atoms with Crippen LogP contribution in [0.4, 0.5) is 0 Å². The van der Waals surface area contributed by atoms with Crippen LogP contribution in [0.2, 0.25) is 0 Å². The van der Waals surface area contributed by atoms with Gasteiger partial charge in [-0.1, -0.05) is 20.8 Å². The van der Waals surface area contributed by atoms with E-state index in [1.165, 1.54) is 25.1 Å². The summed E-state index contributed by atoms with van der Waals surface area (Å²) in [5.41, 5.74) is 7.55.